The monoisotopic (exact) mass is 247 g/mol. The summed E-state index contributed by atoms with van der Waals surface area (Å²) >= 11 is 1.55. The van der Waals surface area contributed by atoms with Crippen LogP contribution in [-0.2, 0) is 6.54 Å². The molecule has 17 heavy (non-hydrogen) atoms. The van der Waals surface area contributed by atoms with Crippen molar-refractivity contribution in [3.8, 4) is 6.07 Å². The van der Waals surface area contributed by atoms with Gasteiger partial charge < -0.3 is 5.32 Å². The Kier molecular flexibility index (Phi) is 3.35. The molecule has 5 heteroatoms. The minimum atomic E-state index is -0.415. The van der Waals surface area contributed by atoms with E-state index in [0.29, 0.717) is 17.8 Å². The maximum absolute atomic E-state index is 13.1. The van der Waals surface area contributed by atoms with E-state index < -0.39 is 5.82 Å². The minimum absolute atomic E-state index is 0.308. The molecule has 1 aromatic heterocycles. The number of thiazole rings is 1. The molecule has 0 bridgehead atoms. The highest BCUT2D eigenvalue weighted by molar-refractivity contribution is 7.09. The molecule has 0 radical (unpaired) electrons. The lowest BCUT2D eigenvalue weighted by Crippen LogP contribution is -1.99. The van der Waals surface area contributed by atoms with Crippen LogP contribution in [0.15, 0.2) is 23.6 Å². The van der Waals surface area contributed by atoms with E-state index in [9.17, 15) is 4.39 Å². The Morgan fingerprint density at radius 1 is 1.47 bits per heavy atom. The predicted molar refractivity (Wildman–Crippen MR) is 65.3 cm³/mol. The van der Waals surface area contributed by atoms with E-state index in [0.717, 1.165) is 10.7 Å². The van der Waals surface area contributed by atoms with E-state index >= 15 is 0 Å². The van der Waals surface area contributed by atoms with Gasteiger partial charge in [0.15, 0.2) is 0 Å². The first kappa shape index (κ1) is 11.6. The van der Waals surface area contributed by atoms with Crippen molar-refractivity contribution in [2.24, 2.45) is 0 Å². The molecule has 1 heterocycles. The van der Waals surface area contributed by atoms with Crippen molar-refractivity contribution in [2.75, 3.05) is 5.32 Å². The maximum atomic E-state index is 13.1. The van der Waals surface area contributed by atoms with Gasteiger partial charge in [0.2, 0.25) is 0 Å². The summed E-state index contributed by atoms with van der Waals surface area (Å²) in [5.74, 6) is -0.415. The number of halogens is 1. The van der Waals surface area contributed by atoms with E-state index in [1.54, 1.807) is 17.4 Å². The highest BCUT2D eigenvalue weighted by atomic mass is 32.1. The molecule has 0 atom stereocenters. The molecule has 0 saturated carbocycles. The Morgan fingerprint density at radius 3 is 2.94 bits per heavy atom. The summed E-state index contributed by atoms with van der Waals surface area (Å²) in [5, 5.41) is 14.7. The van der Waals surface area contributed by atoms with Crippen LogP contribution in [0, 0.1) is 24.1 Å². The second-order valence-corrected chi connectivity index (χ2v) is 4.52. The Balaban J connectivity index is 2.09. The van der Waals surface area contributed by atoms with Crippen LogP contribution < -0.4 is 5.32 Å². The van der Waals surface area contributed by atoms with Crippen LogP contribution in [0.2, 0.25) is 0 Å². The van der Waals surface area contributed by atoms with Gasteiger partial charge in [0.1, 0.15) is 10.8 Å². The van der Waals surface area contributed by atoms with Crippen LogP contribution in [0.1, 0.15) is 16.3 Å². The van der Waals surface area contributed by atoms with Crippen LogP contribution in [0.4, 0.5) is 10.1 Å². The molecule has 0 aliphatic rings. The van der Waals surface area contributed by atoms with Crippen molar-refractivity contribution in [3.05, 3.63) is 45.7 Å². The Bertz CT molecular complexity index is 571. The van der Waals surface area contributed by atoms with Gasteiger partial charge in [-0.1, -0.05) is 0 Å². The summed E-state index contributed by atoms with van der Waals surface area (Å²) < 4.78 is 13.1. The molecule has 2 aromatic rings. The molecule has 3 nitrogen and oxygen atoms in total. The van der Waals surface area contributed by atoms with Gasteiger partial charge in [-0.2, -0.15) is 5.26 Å². The molecule has 1 N–H and O–H groups in total. The lowest BCUT2D eigenvalue weighted by Gasteiger charge is -2.04. The summed E-state index contributed by atoms with van der Waals surface area (Å²) in [6.07, 6.45) is 0. The number of nitrogens with one attached hydrogen (secondary N) is 1. The maximum Gasteiger partial charge on any atom is 0.126 e. The van der Waals surface area contributed by atoms with Crippen molar-refractivity contribution in [2.45, 2.75) is 13.5 Å². The van der Waals surface area contributed by atoms with Gasteiger partial charge >= 0.3 is 0 Å². The van der Waals surface area contributed by atoms with Crippen molar-refractivity contribution in [1.29, 1.82) is 5.26 Å². The molecule has 0 aliphatic heterocycles. The Morgan fingerprint density at radius 2 is 2.29 bits per heavy atom. The normalized spacial score (nSPS) is 9.94. The molecule has 0 spiro atoms. The third-order valence-electron chi connectivity index (χ3n) is 2.14. The van der Waals surface area contributed by atoms with Gasteiger partial charge in [-0.05, 0) is 25.1 Å². The quantitative estimate of drug-likeness (QED) is 0.906. The molecular formula is C12H10FN3S. The first-order chi connectivity index (χ1) is 8.17. The number of hydrogen-bond donors (Lipinski definition) is 1. The average molecular weight is 247 g/mol. The zero-order valence-corrected chi connectivity index (χ0v) is 10.0. The lowest BCUT2D eigenvalue weighted by molar-refractivity contribution is 0.627. The zero-order chi connectivity index (χ0) is 12.3. The fraction of sp³-hybridized carbons (Fsp3) is 0.167. The van der Waals surface area contributed by atoms with Gasteiger partial charge in [0.05, 0.1) is 18.2 Å². The SMILES string of the molecule is Cc1csc(CNc2cc(F)cc(C#N)c2)n1. The standard InChI is InChI=1S/C12H10FN3S/c1-8-7-17-12(16-8)6-15-11-3-9(5-14)2-10(13)4-11/h2-4,7,15H,6H2,1H3. The first-order valence-corrected chi connectivity index (χ1v) is 5.91. The highest BCUT2D eigenvalue weighted by Gasteiger charge is 2.02. The molecule has 0 amide bonds. The average Bonchev–Trinajstić information content (AvgIpc) is 2.72. The predicted octanol–water partition coefficient (Wildman–Crippen LogP) is 3.07. The van der Waals surface area contributed by atoms with E-state index in [2.05, 4.69) is 10.3 Å². The number of nitriles is 1. The minimum Gasteiger partial charge on any atom is -0.378 e. The molecule has 0 fully saturated rings. The number of anilines is 1. The van der Waals surface area contributed by atoms with Crippen LogP contribution in [0.3, 0.4) is 0 Å². The topological polar surface area (TPSA) is 48.7 Å². The van der Waals surface area contributed by atoms with Crippen LogP contribution in [0.5, 0.6) is 0 Å². The molecule has 0 aliphatic carbocycles. The van der Waals surface area contributed by atoms with E-state index in [1.807, 2.05) is 18.4 Å². The van der Waals surface area contributed by atoms with Gasteiger partial charge in [-0.15, -0.1) is 11.3 Å². The van der Waals surface area contributed by atoms with Gasteiger partial charge in [0, 0.05) is 16.8 Å². The molecule has 0 unspecified atom stereocenters. The summed E-state index contributed by atoms with van der Waals surface area (Å²) in [6.45, 7) is 2.46. The van der Waals surface area contributed by atoms with Gasteiger partial charge in [0.25, 0.3) is 0 Å². The number of aryl methyl sites for hydroxylation is 1. The number of aromatic nitrogens is 1. The van der Waals surface area contributed by atoms with Crippen LogP contribution in [0.25, 0.3) is 0 Å². The molecule has 2 rings (SSSR count). The summed E-state index contributed by atoms with van der Waals surface area (Å²) in [7, 11) is 0. The van der Waals surface area contributed by atoms with Crippen molar-refractivity contribution in [3.63, 3.8) is 0 Å². The van der Waals surface area contributed by atoms with Crippen LogP contribution in [-0.4, -0.2) is 4.98 Å². The van der Waals surface area contributed by atoms with E-state index in [-0.39, 0.29) is 0 Å². The third-order valence-corrected chi connectivity index (χ3v) is 3.10. The largest absolute Gasteiger partial charge is 0.378 e. The van der Waals surface area contributed by atoms with Crippen molar-refractivity contribution < 1.29 is 4.39 Å². The molecule has 0 saturated heterocycles. The summed E-state index contributed by atoms with van der Waals surface area (Å²) in [4.78, 5) is 4.29. The number of rotatable bonds is 3. The Hall–Kier alpha value is -1.93. The fourth-order valence-electron chi connectivity index (χ4n) is 1.42. The summed E-state index contributed by atoms with van der Waals surface area (Å²) in [5.41, 5.74) is 1.88. The smallest absolute Gasteiger partial charge is 0.126 e. The fourth-order valence-corrected chi connectivity index (χ4v) is 2.13. The van der Waals surface area contributed by atoms with Crippen molar-refractivity contribution in [1.82, 2.24) is 4.98 Å². The highest BCUT2D eigenvalue weighted by Crippen LogP contribution is 2.16. The first-order valence-electron chi connectivity index (χ1n) is 5.03. The van der Waals surface area contributed by atoms with Gasteiger partial charge in [-0.25, -0.2) is 9.37 Å². The number of benzene rings is 1. The second-order valence-electron chi connectivity index (χ2n) is 3.58. The molecular weight excluding hydrogens is 237 g/mol. The zero-order valence-electron chi connectivity index (χ0n) is 9.20. The van der Waals surface area contributed by atoms with Crippen molar-refractivity contribution >= 4 is 17.0 Å². The molecule has 86 valence electrons. The van der Waals surface area contributed by atoms with E-state index in [4.69, 9.17) is 5.26 Å². The lowest BCUT2D eigenvalue weighted by atomic mass is 10.2. The third kappa shape index (κ3) is 3.02. The number of hydrogen-bond acceptors (Lipinski definition) is 4. The molecule has 1 aromatic carbocycles. The van der Waals surface area contributed by atoms with Crippen LogP contribution >= 0.6 is 11.3 Å². The van der Waals surface area contributed by atoms with E-state index in [1.165, 1.54) is 12.1 Å². The van der Waals surface area contributed by atoms with Gasteiger partial charge in [-0.3, -0.25) is 0 Å². The second kappa shape index (κ2) is 4.93. The summed E-state index contributed by atoms with van der Waals surface area (Å²) in [6, 6.07) is 6.10. The number of nitrogens with zero attached hydrogens (tertiary/aromatic N) is 2. The Labute approximate surface area is 103 Å².